The number of carbonyl (C=O) groups excluding carboxylic acids is 2. The summed E-state index contributed by atoms with van der Waals surface area (Å²) in [4.78, 5) is 31.4. The number of para-hydroxylation sites is 2. The number of rotatable bonds is 7. The number of phenols is 1. The van der Waals surface area contributed by atoms with Crippen LogP contribution in [0, 0.1) is 11.8 Å². The molecule has 1 saturated heterocycles. The molecule has 3 amide bonds. The summed E-state index contributed by atoms with van der Waals surface area (Å²) >= 11 is 0. The van der Waals surface area contributed by atoms with Gasteiger partial charge in [-0.3, -0.25) is 9.79 Å². The van der Waals surface area contributed by atoms with Crippen LogP contribution in [0.4, 0.5) is 10.5 Å². The summed E-state index contributed by atoms with van der Waals surface area (Å²) in [5.41, 5.74) is 5.28. The maximum atomic E-state index is 12.8. The van der Waals surface area contributed by atoms with Gasteiger partial charge in [-0.1, -0.05) is 26.0 Å². The molecule has 166 valence electrons. The molecule has 8 nitrogen and oxygen atoms in total. The van der Waals surface area contributed by atoms with Gasteiger partial charge in [0.25, 0.3) is 0 Å². The van der Waals surface area contributed by atoms with Crippen LogP contribution in [0.2, 0.25) is 0 Å². The van der Waals surface area contributed by atoms with Gasteiger partial charge in [-0.25, -0.2) is 4.79 Å². The zero-order valence-corrected chi connectivity index (χ0v) is 18.4. The van der Waals surface area contributed by atoms with Gasteiger partial charge in [-0.15, -0.1) is 0 Å². The zero-order valence-electron chi connectivity index (χ0n) is 18.4. The predicted molar refractivity (Wildman–Crippen MR) is 120 cm³/mol. The number of aromatic hydroxyl groups is 1. The monoisotopic (exact) mass is 417 g/mol. The number of nitrogens with zero attached hydrogens (tertiary/aromatic N) is 2. The third-order valence-electron chi connectivity index (χ3n) is 5.32. The van der Waals surface area contributed by atoms with Crippen LogP contribution in [0.15, 0.2) is 29.3 Å². The zero-order chi connectivity index (χ0) is 22.3. The van der Waals surface area contributed by atoms with E-state index in [4.69, 9.17) is 5.73 Å². The van der Waals surface area contributed by atoms with E-state index < -0.39 is 5.54 Å². The molecule has 1 fully saturated rings. The fraction of sp³-hybridized carbons (Fsp3) is 0.591. The lowest BCUT2D eigenvalue weighted by atomic mass is 9.89. The minimum absolute atomic E-state index is 0.0447. The third-order valence-corrected chi connectivity index (χ3v) is 5.32. The lowest BCUT2D eigenvalue weighted by Crippen LogP contribution is -2.48. The summed E-state index contributed by atoms with van der Waals surface area (Å²) in [6.07, 6.45) is 2.22. The summed E-state index contributed by atoms with van der Waals surface area (Å²) in [7, 11) is 0. The van der Waals surface area contributed by atoms with Crippen LogP contribution in [0.1, 0.15) is 47.0 Å². The first-order valence-corrected chi connectivity index (χ1v) is 10.5. The summed E-state index contributed by atoms with van der Waals surface area (Å²) in [5, 5.41) is 15.6. The van der Waals surface area contributed by atoms with Crippen molar-refractivity contribution in [2.24, 2.45) is 22.6 Å². The molecule has 1 atom stereocenters. The van der Waals surface area contributed by atoms with Gasteiger partial charge < -0.3 is 26.4 Å². The van der Waals surface area contributed by atoms with E-state index in [-0.39, 0.29) is 17.7 Å². The number of anilines is 1. The Kier molecular flexibility index (Phi) is 8.08. The average Bonchev–Trinajstić information content (AvgIpc) is 2.67. The first-order chi connectivity index (χ1) is 14.1. The van der Waals surface area contributed by atoms with Gasteiger partial charge in [0.05, 0.1) is 11.5 Å². The first-order valence-electron chi connectivity index (χ1n) is 10.5. The molecule has 1 unspecified atom stereocenters. The highest BCUT2D eigenvalue weighted by atomic mass is 16.3. The molecule has 0 aliphatic carbocycles. The number of benzene rings is 1. The minimum atomic E-state index is -0.870. The Bertz CT molecular complexity index is 768. The van der Waals surface area contributed by atoms with Gasteiger partial charge in [0, 0.05) is 19.6 Å². The molecule has 1 heterocycles. The molecule has 2 rings (SSSR count). The van der Waals surface area contributed by atoms with Crippen molar-refractivity contribution in [1.82, 2.24) is 10.2 Å². The van der Waals surface area contributed by atoms with Crippen molar-refractivity contribution in [2.75, 3.05) is 25.0 Å². The number of aliphatic imine (C=N–C) groups is 1. The summed E-state index contributed by atoms with van der Waals surface area (Å²) in [6.45, 7) is 9.39. The average molecular weight is 418 g/mol. The number of nitrogens with one attached hydrogen (secondary N) is 2. The Morgan fingerprint density at radius 2 is 1.93 bits per heavy atom. The van der Waals surface area contributed by atoms with Crippen LogP contribution >= 0.6 is 0 Å². The molecular weight excluding hydrogens is 382 g/mol. The number of urea groups is 1. The summed E-state index contributed by atoms with van der Waals surface area (Å²) in [6, 6.07) is 6.43. The largest absolute Gasteiger partial charge is 0.506 e. The van der Waals surface area contributed by atoms with E-state index in [1.165, 1.54) is 6.07 Å². The molecule has 1 aliphatic rings. The number of carbonyl (C=O) groups is 2. The van der Waals surface area contributed by atoms with Gasteiger partial charge in [0.15, 0.2) is 0 Å². The van der Waals surface area contributed by atoms with Crippen molar-refractivity contribution in [3.63, 3.8) is 0 Å². The number of likely N-dealkylation sites (tertiary alicyclic amines) is 1. The van der Waals surface area contributed by atoms with Crippen molar-refractivity contribution in [1.29, 1.82) is 0 Å². The minimum Gasteiger partial charge on any atom is -0.506 e. The molecular formula is C22H35N5O3. The summed E-state index contributed by atoms with van der Waals surface area (Å²) in [5.74, 6) is 0.949. The number of piperidine rings is 1. The van der Waals surface area contributed by atoms with Crippen molar-refractivity contribution in [3.8, 4) is 5.75 Å². The fourth-order valence-corrected chi connectivity index (χ4v) is 3.91. The quantitative estimate of drug-likeness (QED) is 0.310. The summed E-state index contributed by atoms with van der Waals surface area (Å²) < 4.78 is 0. The van der Waals surface area contributed by atoms with Crippen LogP contribution in [0.3, 0.4) is 0 Å². The Morgan fingerprint density at radius 3 is 2.50 bits per heavy atom. The molecule has 1 aliphatic heterocycles. The molecule has 0 spiro atoms. The molecule has 1 aromatic carbocycles. The number of hydrogen-bond donors (Lipinski definition) is 4. The van der Waals surface area contributed by atoms with Crippen molar-refractivity contribution in [2.45, 2.75) is 52.5 Å². The number of phenolic OH excluding ortho intramolecular Hbond substituents is 1. The van der Waals surface area contributed by atoms with Gasteiger partial charge >= 0.3 is 6.03 Å². The van der Waals surface area contributed by atoms with E-state index in [9.17, 15) is 14.7 Å². The van der Waals surface area contributed by atoms with Gasteiger partial charge in [-0.05, 0) is 57.1 Å². The molecule has 30 heavy (non-hydrogen) atoms. The number of hydrogen-bond acceptors (Lipinski definition) is 4. The standard InChI is InChI=1S/C22H35N5O3/c1-15(2)13-22(4,26-16(3)23)20(29)24-14-17-9-11-27(12-10-17)21(30)25-18-7-5-6-8-19(18)28/h5-8,15,17,28H,9-14H2,1-4H3,(H2,23,26)(H,24,29)(H,25,30). The fourth-order valence-electron chi connectivity index (χ4n) is 3.91. The van der Waals surface area contributed by atoms with Gasteiger partial charge in [-0.2, -0.15) is 0 Å². The SMILES string of the molecule is CC(N)=NC(C)(CC(C)C)C(=O)NCC1CCN(C(=O)Nc2ccccc2O)CC1. The molecule has 0 saturated carbocycles. The number of nitrogens with two attached hydrogens (primary N) is 1. The van der Waals surface area contributed by atoms with Gasteiger partial charge in [0.1, 0.15) is 11.3 Å². The highest BCUT2D eigenvalue weighted by Gasteiger charge is 2.34. The van der Waals surface area contributed by atoms with Crippen LogP contribution in [-0.2, 0) is 4.79 Å². The normalized spacial score (nSPS) is 17.5. The molecule has 1 aromatic rings. The maximum Gasteiger partial charge on any atom is 0.321 e. The smallest absolute Gasteiger partial charge is 0.321 e. The number of amidine groups is 1. The maximum absolute atomic E-state index is 12.8. The van der Waals surface area contributed by atoms with Crippen LogP contribution in [0.25, 0.3) is 0 Å². The molecule has 5 N–H and O–H groups in total. The van der Waals surface area contributed by atoms with E-state index in [2.05, 4.69) is 29.5 Å². The van der Waals surface area contributed by atoms with Crippen LogP contribution < -0.4 is 16.4 Å². The van der Waals surface area contributed by atoms with Gasteiger partial charge in [0.2, 0.25) is 5.91 Å². The molecule has 0 aromatic heterocycles. The Hall–Kier alpha value is -2.77. The Balaban J connectivity index is 1.84. The van der Waals surface area contributed by atoms with Crippen molar-refractivity contribution < 1.29 is 14.7 Å². The van der Waals surface area contributed by atoms with E-state index >= 15 is 0 Å². The predicted octanol–water partition coefficient (Wildman–Crippen LogP) is 2.93. The van der Waals surface area contributed by atoms with Crippen molar-refractivity contribution in [3.05, 3.63) is 24.3 Å². The molecule has 0 radical (unpaired) electrons. The van der Waals surface area contributed by atoms with E-state index in [1.54, 1.807) is 30.0 Å². The second-order valence-corrected chi connectivity index (χ2v) is 8.71. The Labute approximate surface area is 178 Å². The Morgan fingerprint density at radius 1 is 1.30 bits per heavy atom. The van der Waals surface area contributed by atoms with Crippen LogP contribution in [-0.4, -0.2) is 53.0 Å². The number of amides is 3. The second kappa shape index (κ2) is 10.3. The molecule has 8 heteroatoms. The second-order valence-electron chi connectivity index (χ2n) is 8.71. The van der Waals surface area contributed by atoms with E-state index in [0.717, 1.165) is 12.8 Å². The lowest BCUT2D eigenvalue weighted by Gasteiger charge is -2.33. The van der Waals surface area contributed by atoms with E-state index in [1.807, 2.05) is 6.92 Å². The highest BCUT2D eigenvalue weighted by molar-refractivity contribution is 5.91. The first kappa shape index (κ1) is 23.5. The van der Waals surface area contributed by atoms with Crippen molar-refractivity contribution >= 4 is 23.5 Å². The molecule has 0 bridgehead atoms. The van der Waals surface area contributed by atoms with Crippen LogP contribution in [0.5, 0.6) is 5.75 Å². The highest BCUT2D eigenvalue weighted by Crippen LogP contribution is 2.24. The lowest BCUT2D eigenvalue weighted by molar-refractivity contribution is -0.126. The third kappa shape index (κ3) is 6.64. The topological polar surface area (TPSA) is 120 Å². The van der Waals surface area contributed by atoms with E-state index in [0.29, 0.717) is 49.4 Å².